The van der Waals surface area contributed by atoms with Crippen molar-refractivity contribution >= 4 is 33.7 Å². The Bertz CT molecular complexity index is 1580. The Morgan fingerprint density at radius 1 is 1.15 bits per heavy atom. The van der Waals surface area contributed by atoms with Crippen molar-refractivity contribution in [3.8, 4) is 17.2 Å². The summed E-state index contributed by atoms with van der Waals surface area (Å²) in [6.07, 6.45) is 1.48. The van der Waals surface area contributed by atoms with Gasteiger partial charge < -0.3 is 20.1 Å². The monoisotopic (exact) mass is 455 g/mol. The molecule has 0 amide bonds. The van der Waals surface area contributed by atoms with Gasteiger partial charge in [0.1, 0.15) is 12.0 Å². The number of nitrogens with two attached hydrogens (primary N) is 1. The van der Waals surface area contributed by atoms with Crippen LogP contribution in [0.4, 0.5) is 11.8 Å². The quantitative estimate of drug-likeness (QED) is 0.424. The number of pyridine rings is 1. The van der Waals surface area contributed by atoms with E-state index in [0.29, 0.717) is 52.5 Å². The zero-order valence-corrected chi connectivity index (χ0v) is 18.3. The molecule has 0 saturated heterocycles. The number of fused-ring (bicyclic) bond motifs is 4. The SMILES string of the molecule is CN(C[C@H]1COc2ccccc2O1)c1ncc2c3[nH]nc(N)c3c(=O)n(-c3ccccc3)c2n1. The first kappa shape index (κ1) is 20.0. The second-order valence-electron chi connectivity index (χ2n) is 8.12. The van der Waals surface area contributed by atoms with E-state index in [1.807, 2.05) is 66.5 Å². The van der Waals surface area contributed by atoms with Gasteiger partial charge in [-0.2, -0.15) is 10.1 Å². The van der Waals surface area contributed by atoms with E-state index in [1.54, 1.807) is 10.8 Å². The molecule has 1 aliphatic rings. The number of nitrogens with zero attached hydrogens (tertiary/aromatic N) is 5. The van der Waals surface area contributed by atoms with Crippen molar-refractivity contribution < 1.29 is 9.47 Å². The molecule has 3 aromatic heterocycles. The van der Waals surface area contributed by atoms with Gasteiger partial charge in [-0.15, -0.1) is 0 Å². The molecule has 0 fully saturated rings. The maximum absolute atomic E-state index is 13.5. The minimum absolute atomic E-state index is 0.141. The summed E-state index contributed by atoms with van der Waals surface area (Å²) in [7, 11) is 1.88. The van der Waals surface area contributed by atoms with E-state index in [1.165, 1.54) is 0 Å². The average molecular weight is 455 g/mol. The molecule has 5 aromatic rings. The zero-order valence-electron chi connectivity index (χ0n) is 18.3. The highest BCUT2D eigenvalue weighted by atomic mass is 16.6. The Kier molecular flexibility index (Phi) is 4.58. The van der Waals surface area contributed by atoms with Crippen LogP contribution >= 0.6 is 0 Å². The largest absolute Gasteiger partial charge is 0.486 e. The molecule has 4 heterocycles. The molecule has 2 aromatic carbocycles. The molecule has 0 saturated carbocycles. The molecule has 10 heteroatoms. The summed E-state index contributed by atoms with van der Waals surface area (Å²) in [4.78, 5) is 24.7. The van der Waals surface area contributed by atoms with Crippen LogP contribution in [0.5, 0.6) is 11.5 Å². The summed E-state index contributed by atoms with van der Waals surface area (Å²) in [5.74, 6) is 2.04. The van der Waals surface area contributed by atoms with Crippen LogP contribution in [0, 0.1) is 0 Å². The topological polar surface area (TPSA) is 124 Å². The highest BCUT2D eigenvalue weighted by Gasteiger charge is 2.24. The number of nitrogens with one attached hydrogen (secondary N) is 1. The van der Waals surface area contributed by atoms with Crippen LogP contribution in [-0.4, -0.2) is 51.0 Å². The summed E-state index contributed by atoms with van der Waals surface area (Å²) < 4.78 is 13.4. The molecule has 1 aliphatic heterocycles. The molecule has 10 nitrogen and oxygen atoms in total. The number of hydrogen-bond acceptors (Lipinski definition) is 8. The lowest BCUT2D eigenvalue weighted by atomic mass is 10.2. The number of rotatable bonds is 4. The number of H-pyrrole nitrogens is 1. The lowest BCUT2D eigenvalue weighted by Gasteiger charge is -2.29. The summed E-state index contributed by atoms with van der Waals surface area (Å²) in [5, 5.41) is 7.85. The van der Waals surface area contributed by atoms with Gasteiger partial charge in [-0.3, -0.25) is 14.5 Å². The van der Waals surface area contributed by atoms with Crippen molar-refractivity contribution in [1.82, 2.24) is 24.7 Å². The number of aromatic nitrogens is 5. The van der Waals surface area contributed by atoms with Gasteiger partial charge in [0.2, 0.25) is 5.95 Å². The van der Waals surface area contributed by atoms with Crippen molar-refractivity contribution in [3.05, 3.63) is 71.1 Å². The van der Waals surface area contributed by atoms with Crippen molar-refractivity contribution in [2.45, 2.75) is 6.10 Å². The molecule has 170 valence electrons. The fourth-order valence-corrected chi connectivity index (χ4v) is 4.23. The van der Waals surface area contributed by atoms with Gasteiger partial charge in [-0.25, -0.2) is 4.98 Å². The Morgan fingerprint density at radius 3 is 2.74 bits per heavy atom. The highest BCUT2D eigenvalue weighted by Crippen LogP contribution is 2.31. The van der Waals surface area contributed by atoms with E-state index in [0.717, 1.165) is 5.75 Å². The highest BCUT2D eigenvalue weighted by molar-refractivity contribution is 6.05. The molecule has 6 rings (SSSR count). The van der Waals surface area contributed by atoms with Crippen LogP contribution in [0.15, 0.2) is 65.6 Å². The van der Waals surface area contributed by atoms with Crippen molar-refractivity contribution in [1.29, 1.82) is 0 Å². The lowest BCUT2D eigenvalue weighted by molar-refractivity contribution is 0.0958. The summed E-state index contributed by atoms with van der Waals surface area (Å²) in [5.41, 5.74) is 7.34. The predicted molar refractivity (Wildman–Crippen MR) is 129 cm³/mol. The van der Waals surface area contributed by atoms with Crippen molar-refractivity contribution in [2.24, 2.45) is 0 Å². The molecule has 34 heavy (non-hydrogen) atoms. The van der Waals surface area contributed by atoms with Crippen LogP contribution < -0.4 is 25.7 Å². The van der Waals surface area contributed by atoms with E-state index in [-0.39, 0.29) is 17.5 Å². The normalized spacial score (nSPS) is 15.0. The number of likely N-dealkylation sites (N-methyl/N-ethyl adjacent to an activating group) is 1. The third-order valence-electron chi connectivity index (χ3n) is 5.85. The smallest absolute Gasteiger partial charge is 0.270 e. The summed E-state index contributed by atoms with van der Waals surface area (Å²) in [6.45, 7) is 0.909. The van der Waals surface area contributed by atoms with Crippen molar-refractivity contribution in [2.75, 3.05) is 30.8 Å². The Balaban J connectivity index is 1.42. The minimum atomic E-state index is -0.298. The minimum Gasteiger partial charge on any atom is -0.486 e. The van der Waals surface area contributed by atoms with Gasteiger partial charge in [0.25, 0.3) is 5.56 Å². The average Bonchev–Trinajstić information content (AvgIpc) is 3.26. The van der Waals surface area contributed by atoms with Crippen LogP contribution in [-0.2, 0) is 0 Å². The van der Waals surface area contributed by atoms with Crippen molar-refractivity contribution in [3.63, 3.8) is 0 Å². The number of nitrogen functional groups attached to an aromatic ring is 1. The van der Waals surface area contributed by atoms with Gasteiger partial charge in [-0.1, -0.05) is 30.3 Å². The van der Waals surface area contributed by atoms with Crippen LogP contribution in [0.1, 0.15) is 0 Å². The first-order chi connectivity index (χ1) is 16.6. The van der Waals surface area contributed by atoms with Gasteiger partial charge in [0, 0.05) is 13.2 Å². The van der Waals surface area contributed by atoms with E-state index in [9.17, 15) is 4.79 Å². The number of benzene rings is 2. The third kappa shape index (κ3) is 3.19. The molecule has 0 unspecified atom stereocenters. The Morgan fingerprint density at radius 2 is 1.91 bits per heavy atom. The Labute approximate surface area is 193 Å². The van der Waals surface area contributed by atoms with Crippen LogP contribution in [0.3, 0.4) is 0 Å². The number of hydrogen-bond donors (Lipinski definition) is 2. The van der Waals surface area contributed by atoms with Gasteiger partial charge in [0.15, 0.2) is 29.1 Å². The fraction of sp³-hybridized carbons (Fsp3) is 0.167. The first-order valence-corrected chi connectivity index (χ1v) is 10.8. The van der Waals surface area contributed by atoms with Crippen LogP contribution in [0.25, 0.3) is 27.6 Å². The predicted octanol–water partition coefficient (Wildman–Crippen LogP) is 2.52. The number of ether oxygens (including phenoxy) is 2. The number of anilines is 2. The van der Waals surface area contributed by atoms with E-state index in [4.69, 9.17) is 20.2 Å². The van der Waals surface area contributed by atoms with E-state index >= 15 is 0 Å². The molecule has 3 N–H and O–H groups in total. The third-order valence-corrected chi connectivity index (χ3v) is 5.85. The van der Waals surface area contributed by atoms with E-state index in [2.05, 4.69) is 15.2 Å². The zero-order chi connectivity index (χ0) is 23.2. The molecule has 1 atom stereocenters. The van der Waals surface area contributed by atoms with Gasteiger partial charge in [-0.05, 0) is 24.3 Å². The summed E-state index contributed by atoms with van der Waals surface area (Å²) in [6, 6.07) is 16.9. The number of para-hydroxylation sites is 3. The summed E-state index contributed by atoms with van der Waals surface area (Å²) >= 11 is 0. The maximum Gasteiger partial charge on any atom is 0.270 e. The fourth-order valence-electron chi connectivity index (χ4n) is 4.23. The second-order valence-corrected chi connectivity index (χ2v) is 8.12. The van der Waals surface area contributed by atoms with Gasteiger partial charge in [0.05, 0.1) is 23.1 Å². The van der Waals surface area contributed by atoms with Crippen LogP contribution in [0.2, 0.25) is 0 Å². The standard InChI is InChI=1S/C24H21N7O3/c1-30(12-15-13-33-17-9-5-6-10-18(17)34-15)24-26-11-16-20-19(21(25)29-28-20)23(32)31(22(16)27-24)14-7-3-2-4-8-14/h2-11,15H,12-13H2,1H3,(H3,25,28,29)/t15-/m0/s1. The molecular weight excluding hydrogens is 434 g/mol. The lowest BCUT2D eigenvalue weighted by Crippen LogP contribution is -2.40. The number of aromatic amines is 1. The van der Waals surface area contributed by atoms with E-state index < -0.39 is 0 Å². The maximum atomic E-state index is 13.5. The molecule has 0 spiro atoms. The molecule has 0 radical (unpaired) electrons. The van der Waals surface area contributed by atoms with Gasteiger partial charge >= 0.3 is 0 Å². The Hall–Kier alpha value is -4.60. The second kappa shape index (κ2) is 7.77. The molecule has 0 bridgehead atoms. The first-order valence-electron chi connectivity index (χ1n) is 10.8. The molecule has 0 aliphatic carbocycles. The molecular formula is C24H21N7O3.